The van der Waals surface area contributed by atoms with E-state index >= 15 is 0 Å². The van der Waals surface area contributed by atoms with Gasteiger partial charge in [0.05, 0.1) is 16.9 Å². The summed E-state index contributed by atoms with van der Waals surface area (Å²) in [6, 6.07) is 0. The highest BCUT2D eigenvalue weighted by atomic mass is 35.5. The lowest BCUT2D eigenvalue weighted by Gasteiger charge is -2.08. The summed E-state index contributed by atoms with van der Waals surface area (Å²) in [5.74, 6) is 0.714. The third-order valence-electron chi connectivity index (χ3n) is 2.32. The highest BCUT2D eigenvalue weighted by molar-refractivity contribution is 6.31. The van der Waals surface area contributed by atoms with Crippen molar-refractivity contribution in [3.63, 3.8) is 0 Å². The Balaban J connectivity index is 2.18. The molecule has 0 amide bonds. The SMILES string of the molecule is Cc1c(Cl)cnn1CCCNCC(C)C. The van der Waals surface area contributed by atoms with Crippen LogP contribution in [0.25, 0.3) is 0 Å². The first-order valence-corrected chi connectivity index (χ1v) is 5.87. The van der Waals surface area contributed by atoms with E-state index in [9.17, 15) is 0 Å². The summed E-state index contributed by atoms with van der Waals surface area (Å²) in [5.41, 5.74) is 1.06. The molecule has 0 bridgehead atoms. The van der Waals surface area contributed by atoms with E-state index in [2.05, 4.69) is 24.3 Å². The van der Waals surface area contributed by atoms with Gasteiger partial charge in [-0.3, -0.25) is 4.68 Å². The highest BCUT2D eigenvalue weighted by Gasteiger charge is 2.02. The van der Waals surface area contributed by atoms with Gasteiger partial charge in [-0.2, -0.15) is 5.10 Å². The highest BCUT2D eigenvalue weighted by Crippen LogP contribution is 2.13. The summed E-state index contributed by atoms with van der Waals surface area (Å²) in [6.07, 6.45) is 2.80. The average Bonchev–Trinajstić information content (AvgIpc) is 2.48. The Bertz CT molecular complexity index is 294. The van der Waals surface area contributed by atoms with Crippen molar-refractivity contribution in [1.82, 2.24) is 15.1 Å². The van der Waals surface area contributed by atoms with E-state index in [0.29, 0.717) is 5.92 Å². The Kier molecular flexibility index (Phi) is 5.12. The Hall–Kier alpha value is -0.540. The van der Waals surface area contributed by atoms with Crippen LogP contribution in [-0.2, 0) is 6.54 Å². The first-order chi connectivity index (χ1) is 7.11. The molecule has 4 heteroatoms. The predicted octanol–water partition coefficient (Wildman–Crippen LogP) is 2.48. The molecule has 0 atom stereocenters. The number of rotatable bonds is 6. The third kappa shape index (κ3) is 4.22. The minimum Gasteiger partial charge on any atom is -0.316 e. The maximum absolute atomic E-state index is 5.91. The van der Waals surface area contributed by atoms with Crippen molar-refractivity contribution in [2.75, 3.05) is 13.1 Å². The lowest BCUT2D eigenvalue weighted by Crippen LogP contribution is -2.22. The van der Waals surface area contributed by atoms with E-state index in [0.717, 1.165) is 36.8 Å². The monoisotopic (exact) mass is 229 g/mol. The van der Waals surface area contributed by atoms with Crippen molar-refractivity contribution in [1.29, 1.82) is 0 Å². The van der Waals surface area contributed by atoms with Crippen molar-refractivity contribution < 1.29 is 0 Å². The van der Waals surface area contributed by atoms with Gasteiger partial charge in [-0.15, -0.1) is 0 Å². The molecule has 0 saturated carbocycles. The minimum absolute atomic E-state index is 0.714. The fraction of sp³-hybridized carbons (Fsp3) is 0.727. The summed E-state index contributed by atoms with van der Waals surface area (Å²) in [5, 5.41) is 8.37. The molecule has 0 radical (unpaired) electrons. The Labute approximate surface area is 96.8 Å². The van der Waals surface area contributed by atoms with Crippen LogP contribution in [0.2, 0.25) is 5.02 Å². The Morgan fingerprint density at radius 2 is 2.27 bits per heavy atom. The Morgan fingerprint density at radius 1 is 1.53 bits per heavy atom. The van der Waals surface area contributed by atoms with Gasteiger partial charge >= 0.3 is 0 Å². The molecular formula is C11H20ClN3. The summed E-state index contributed by atoms with van der Waals surface area (Å²) >= 11 is 5.91. The molecule has 0 aliphatic rings. The molecule has 15 heavy (non-hydrogen) atoms. The molecule has 0 aromatic carbocycles. The standard InChI is InChI=1S/C11H20ClN3/c1-9(2)7-13-5-4-6-15-10(3)11(12)8-14-15/h8-9,13H,4-7H2,1-3H3. The molecule has 86 valence electrons. The summed E-state index contributed by atoms with van der Waals surface area (Å²) in [6.45, 7) is 9.48. The zero-order valence-corrected chi connectivity index (χ0v) is 10.5. The van der Waals surface area contributed by atoms with Crippen LogP contribution in [0, 0.1) is 12.8 Å². The molecule has 0 aliphatic heterocycles. The van der Waals surface area contributed by atoms with Crippen molar-refractivity contribution in [3.05, 3.63) is 16.9 Å². The number of aromatic nitrogens is 2. The number of hydrogen-bond acceptors (Lipinski definition) is 2. The number of hydrogen-bond donors (Lipinski definition) is 1. The Morgan fingerprint density at radius 3 is 2.80 bits per heavy atom. The zero-order valence-electron chi connectivity index (χ0n) is 9.76. The van der Waals surface area contributed by atoms with E-state index in [4.69, 9.17) is 11.6 Å². The first kappa shape index (κ1) is 12.5. The second-order valence-corrected chi connectivity index (χ2v) is 4.66. The molecule has 0 aliphatic carbocycles. The smallest absolute Gasteiger partial charge is 0.0814 e. The van der Waals surface area contributed by atoms with E-state index in [-0.39, 0.29) is 0 Å². The second-order valence-electron chi connectivity index (χ2n) is 4.25. The number of aryl methyl sites for hydroxylation is 1. The predicted molar refractivity (Wildman–Crippen MR) is 64.3 cm³/mol. The zero-order chi connectivity index (χ0) is 11.3. The van der Waals surface area contributed by atoms with Crippen molar-refractivity contribution >= 4 is 11.6 Å². The van der Waals surface area contributed by atoms with Gasteiger partial charge in [0, 0.05) is 6.54 Å². The van der Waals surface area contributed by atoms with Gasteiger partial charge in [-0.25, -0.2) is 0 Å². The van der Waals surface area contributed by atoms with Crippen LogP contribution in [-0.4, -0.2) is 22.9 Å². The van der Waals surface area contributed by atoms with E-state index in [1.54, 1.807) is 6.20 Å². The fourth-order valence-electron chi connectivity index (χ4n) is 1.39. The van der Waals surface area contributed by atoms with E-state index in [1.807, 2.05) is 11.6 Å². The normalized spacial score (nSPS) is 11.3. The van der Waals surface area contributed by atoms with Crippen LogP contribution < -0.4 is 5.32 Å². The molecule has 3 nitrogen and oxygen atoms in total. The molecule has 0 unspecified atom stereocenters. The quantitative estimate of drug-likeness (QED) is 0.760. The van der Waals surface area contributed by atoms with Gasteiger partial charge < -0.3 is 5.32 Å². The summed E-state index contributed by atoms with van der Waals surface area (Å²) in [7, 11) is 0. The van der Waals surface area contributed by atoms with Crippen LogP contribution >= 0.6 is 11.6 Å². The van der Waals surface area contributed by atoms with Crippen LogP contribution in [0.15, 0.2) is 6.20 Å². The lowest BCUT2D eigenvalue weighted by atomic mass is 10.2. The molecule has 0 saturated heterocycles. The van der Waals surface area contributed by atoms with Gasteiger partial charge in [0.25, 0.3) is 0 Å². The number of nitrogens with zero attached hydrogens (tertiary/aromatic N) is 2. The van der Waals surface area contributed by atoms with Crippen LogP contribution in [0.5, 0.6) is 0 Å². The summed E-state index contributed by atoms with van der Waals surface area (Å²) in [4.78, 5) is 0. The average molecular weight is 230 g/mol. The van der Waals surface area contributed by atoms with Crippen molar-refractivity contribution in [2.45, 2.75) is 33.7 Å². The number of nitrogens with one attached hydrogen (secondary N) is 1. The van der Waals surface area contributed by atoms with Crippen molar-refractivity contribution in [2.24, 2.45) is 5.92 Å². The topological polar surface area (TPSA) is 29.9 Å². The second kappa shape index (κ2) is 6.13. The van der Waals surface area contributed by atoms with Gasteiger partial charge in [0.15, 0.2) is 0 Å². The largest absolute Gasteiger partial charge is 0.316 e. The molecule has 1 heterocycles. The molecule has 0 spiro atoms. The van der Waals surface area contributed by atoms with Gasteiger partial charge in [0.2, 0.25) is 0 Å². The maximum Gasteiger partial charge on any atom is 0.0814 e. The van der Waals surface area contributed by atoms with Crippen LogP contribution in [0.1, 0.15) is 26.0 Å². The van der Waals surface area contributed by atoms with Crippen molar-refractivity contribution in [3.8, 4) is 0 Å². The molecule has 1 aromatic heterocycles. The van der Waals surface area contributed by atoms with Crippen LogP contribution in [0.3, 0.4) is 0 Å². The lowest BCUT2D eigenvalue weighted by molar-refractivity contribution is 0.502. The minimum atomic E-state index is 0.714. The van der Waals surface area contributed by atoms with Gasteiger partial charge in [0.1, 0.15) is 0 Å². The van der Waals surface area contributed by atoms with E-state index < -0.39 is 0 Å². The van der Waals surface area contributed by atoms with E-state index in [1.165, 1.54) is 0 Å². The molecule has 1 N–H and O–H groups in total. The summed E-state index contributed by atoms with van der Waals surface area (Å²) < 4.78 is 1.96. The van der Waals surface area contributed by atoms with Crippen LogP contribution in [0.4, 0.5) is 0 Å². The third-order valence-corrected chi connectivity index (χ3v) is 2.69. The molecule has 0 fully saturated rings. The molecule has 1 aromatic rings. The maximum atomic E-state index is 5.91. The van der Waals surface area contributed by atoms with Gasteiger partial charge in [-0.1, -0.05) is 25.4 Å². The number of halogens is 1. The molecular weight excluding hydrogens is 210 g/mol. The fourth-order valence-corrected chi connectivity index (χ4v) is 1.53. The van der Waals surface area contributed by atoms with Gasteiger partial charge in [-0.05, 0) is 32.4 Å². The first-order valence-electron chi connectivity index (χ1n) is 5.50. The molecule has 1 rings (SSSR count).